The maximum atomic E-state index is 12.8. The highest BCUT2D eigenvalue weighted by Gasteiger charge is 2.28. The van der Waals surface area contributed by atoms with E-state index >= 15 is 0 Å². The van der Waals surface area contributed by atoms with Gasteiger partial charge in [-0.3, -0.25) is 14.5 Å². The Bertz CT molecular complexity index is 1240. The first-order valence-corrected chi connectivity index (χ1v) is 13.0. The highest BCUT2D eigenvalue weighted by molar-refractivity contribution is 7.91. The van der Waals surface area contributed by atoms with E-state index < -0.39 is 9.84 Å². The fraction of sp³-hybridized carbons (Fsp3) is 0.417. The topological polar surface area (TPSA) is 96.5 Å². The Morgan fingerprint density at radius 1 is 1.00 bits per heavy atom. The highest BCUT2D eigenvalue weighted by atomic mass is 32.2. The third-order valence-electron chi connectivity index (χ3n) is 6.64. The molecule has 2 aromatic carbocycles. The largest absolute Gasteiger partial charge is 0.454 e. The van der Waals surface area contributed by atoms with Crippen LogP contribution in [0.2, 0.25) is 0 Å². The van der Waals surface area contributed by atoms with Gasteiger partial charge in [0.25, 0.3) is 0 Å². The molecular formula is C24H27N3O6S. The van der Waals surface area contributed by atoms with Crippen molar-refractivity contribution in [3.63, 3.8) is 0 Å². The van der Waals surface area contributed by atoms with Crippen molar-refractivity contribution in [1.29, 1.82) is 0 Å². The number of sulfone groups is 1. The summed E-state index contributed by atoms with van der Waals surface area (Å²) in [4.78, 5) is 30.3. The predicted molar refractivity (Wildman–Crippen MR) is 125 cm³/mol. The Morgan fingerprint density at radius 2 is 1.76 bits per heavy atom. The lowest BCUT2D eigenvalue weighted by Crippen LogP contribution is -2.48. The first-order chi connectivity index (χ1) is 16.3. The SMILES string of the molecule is CN1C(=O)Cc2cc(S(=O)(=O)CCC(=O)N3CCN(Cc4ccc5c(c4)OCO5)CC3)ccc21. The molecule has 0 radical (unpaired) electrons. The van der Waals surface area contributed by atoms with E-state index in [0.29, 0.717) is 18.7 Å². The number of ether oxygens (including phenoxy) is 2. The Labute approximate surface area is 198 Å². The molecule has 34 heavy (non-hydrogen) atoms. The fourth-order valence-corrected chi connectivity index (χ4v) is 5.87. The van der Waals surface area contributed by atoms with Crippen LogP contribution in [0.3, 0.4) is 0 Å². The molecule has 0 saturated carbocycles. The van der Waals surface area contributed by atoms with E-state index in [4.69, 9.17) is 9.47 Å². The maximum Gasteiger partial charge on any atom is 0.231 e. The molecule has 3 aliphatic rings. The number of piperazine rings is 1. The predicted octanol–water partition coefficient (Wildman–Crippen LogP) is 1.44. The summed E-state index contributed by atoms with van der Waals surface area (Å²) in [5.41, 5.74) is 2.56. The van der Waals surface area contributed by atoms with Crippen LogP contribution in [-0.2, 0) is 32.4 Å². The van der Waals surface area contributed by atoms with Crippen molar-refractivity contribution in [2.45, 2.75) is 24.3 Å². The molecular weight excluding hydrogens is 458 g/mol. The van der Waals surface area contributed by atoms with E-state index in [0.717, 1.165) is 42.4 Å². The van der Waals surface area contributed by atoms with Crippen molar-refractivity contribution in [2.24, 2.45) is 0 Å². The molecule has 0 aliphatic carbocycles. The first kappa shape index (κ1) is 22.7. The minimum absolute atomic E-state index is 0.0551. The zero-order valence-corrected chi connectivity index (χ0v) is 19.8. The standard InChI is InChI=1S/C24H27N3O6S/c1-25-20-4-3-19(13-18(20)14-24(25)29)34(30,31)11-6-23(28)27-9-7-26(8-10-27)15-17-2-5-21-22(12-17)33-16-32-21/h2-5,12-13H,6-11,14-16H2,1H3. The monoisotopic (exact) mass is 485 g/mol. The number of amides is 2. The van der Waals surface area contributed by atoms with Gasteiger partial charge < -0.3 is 19.3 Å². The Kier molecular flexibility index (Phi) is 5.95. The number of rotatable bonds is 6. The van der Waals surface area contributed by atoms with Crippen LogP contribution in [0.4, 0.5) is 5.69 Å². The van der Waals surface area contributed by atoms with Gasteiger partial charge in [0.1, 0.15) is 0 Å². The van der Waals surface area contributed by atoms with Crippen molar-refractivity contribution in [2.75, 3.05) is 50.7 Å². The Balaban J connectivity index is 1.12. The molecule has 0 spiro atoms. The van der Waals surface area contributed by atoms with E-state index in [1.807, 2.05) is 18.2 Å². The summed E-state index contributed by atoms with van der Waals surface area (Å²) in [6.45, 7) is 3.58. The van der Waals surface area contributed by atoms with Gasteiger partial charge >= 0.3 is 0 Å². The molecule has 3 aliphatic heterocycles. The van der Waals surface area contributed by atoms with Gasteiger partial charge in [-0.15, -0.1) is 0 Å². The molecule has 0 aromatic heterocycles. The van der Waals surface area contributed by atoms with Gasteiger partial charge in [-0.25, -0.2) is 8.42 Å². The van der Waals surface area contributed by atoms with Crippen LogP contribution in [0, 0.1) is 0 Å². The number of benzene rings is 2. The number of nitrogens with zero attached hydrogens (tertiary/aromatic N) is 3. The smallest absolute Gasteiger partial charge is 0.231 e. The second-order valence-electron chi connectivity index (χ2n) is 8.83. The second kappa shape index (κ2) is 8.92. The highest BCUT2D eigenvalue weighted by Crippen LogP contribution is 2.33. The van der Waals surface area contributed by atoms with Crippen LogP contribution >= 0.6 is 0 Å². The summed E-state index contributed by atoms with van der Waals surface area (Å²) in [5, 5.41) is 0. The molecule has 2 aromatic rings. The summed E-state index contributed by atoms with van der Waals surface area (Å²) in [5.74, 6) is 1.07. The Hall–Kier alpha value is -3.11. The van der Waals surface area contributed by atoms with Gasteiger partial charge in [0.15, 0.2) is 21.3 Å². The van der Waals surface area contributed by atoms with Gasteiger partial charge in [0, 0.05) is 51.9 Å². The van der Waals surface area contributed by atoms with Gasteiger partial charge in [0.05, 0.1) is 17.1 Å². The van der Waals surface area contributed by atoms with Crippen molar-refractivity contribution in [3.8, 4) is 11.5 Å². The van der Waals surface area contributed by atoms with Crippen LogP contribution in [-0.4, -0.2) is 75.8 Å². The first-order valence-electron chi connectivity index (χ1n) is 11.3. The summed E-state index contributed by atoms with van der Waals surface area (Å²) in [7, 11) is -1.94. The number of hydrogen-bond donors (Lipinski definition) is 0. The van der Waals surface area contributed by atoms with Crippen LogP contribution in [0.25, 0.3) is 0 Å². The van der Waals surface area contributed by atoms with E-state index in [1.165, 1.54) is 11.0 Å². The van der Waals surface area contributed by atoms with Crippen molar-refractivity contribution >= 4 is 27.3 Å². The molecule has 1 fully saturated rings. The maximum absolute atomic E-state index is 12.8. The molecule has 5 rings (SSSR count). The zero-order valence-electron chi connectivity index (χ0n) is 19.0. The van der Waals surface area contributed by atoms with Gasteiger partial charge in [-0.05, 0) is 41.5 Å². The molecule has 2 amide bonds. The van der Waals surface area contributed by atoms with E-state index in [1.54, 1.807) is 24.1 Å². The molecule has 1 saturated heterocycles. The van der Waals surface area contributed by atoms with Crippen molar-refractivity contribution in [3.05, 3.63) is 47.5 Å². The quantitative estimate of drug-likeness (QED) is 0.611. The molecule has 3 heterocycles. The van der Waals surface area contributed by atoms with Crippen molar-refractivity contribution < 1.29 is 27.5 Å². The molecule has 0 N–H and O–H groups in total. The lowest BCUT2D eigenvalue weighted by Gasteiger charge is -2.34. The van der Waals surface area contributed by atoms with E-state index in [-0.39, 0.29) is 42.1 Å². The Morgan fingerprint density at radius 3 is 2.56 bits per heavy atom. The third-order valence-corrected chi connectivity index (χ3v) is 8.35. The van der Waals surface area contributed by atoms with Crippen molar-refractivity contribution in [1.82, 2.24) is 9.80 Å². The summed E-state index contributed by atoms with van der Waals surface area (Å²) < 4.78 is 36.4. The average Bonchev–Trinajstić information content (AvgIpc) is 3.41. The van der Waals surface area contributed by atoms with Crippen LogP contribution in [0.5, 0.6) is 11.5 Å². The van der Waals surface area contributed by atoms with Crippen LogP contribution < -0.4 is 14.4 Å². The number of carbonyl (C=O) groups is 2. The molecule has 0 unspecified atom stereocenters. The van der Waals surface area contributed by atoms with Crippen LogP contribution in [0.1, 0.15) is 17.5 Å². The van der Waals surface area contributed by atoms with Crippen LogP contribution in [0.15, 0.2) is 41.3 Å². The molecule has 180 valence electrons. The molecule has 9 nitrogen and oxygen atoms in total. The lowest BCUT2D eigenvalue weighted by molar-refractivity contribution is -0.132. The minimum atomic E-state index is -3.62. The number of fused-ring (bicyclic) bond motifs is 2. The summed E-state index contributed by atoms with van der Waals surface area (Å²) >= 11 is 0. The molecule has 0 bridgehead atoms. The number of anilines is 1. The lowest BCUT2D eigenvalue weighted by atomic mass is 10.1. The minimum Gasteiger partial charge on any atom is -0.454 e. The van der Waals surface area contributed by atoms with Gasteiger partial charge in [0.2, 0.25) is 18.6 Å². The zero-order chi connectivity index (χ0) is 23.9. The number of hydrogen-bond acceptors (Lipinski definition) is 7. The number of likely N-dealkylation sites (N-methyl/N-ethyl adjacent to an activating group) is 1. The summed E-state index contributed by atoms with van der Waals surface area (Å²) in [6.07, 6.45) is 0.144. The second-order valence-corrected chi connectivity index (χ2v) is 10.9. The fourth-order valence-electron chi connectivity index (χ4n) is 4.59. The average molecular weight is 486 g/mol. The van der Waals surface area contributed by atoms with Gasteiger partial charge in [-0.1, -0.05) is 6.07 Å². The van der Waals surface area contributed by atoms with Gasteiger partial charge in [-0.2, -0.15) is 0 Å². The van der Waals surface area contributed by atoms with E-state index in [9.17, 15) is 18.0 Å². The number of carbonyl (C=O) groups excluding carboxylic acids is 2. The summed E-state index contributed by atoms with van der Waals surface area (Å²) in [6, 6.07) is 10.7. The molecule has 0 atom stereocenters. The third kappa shape index (κ3) is 4.47. The van der Waals surface area contributed by atoms with E-state index in [2.05, 4.69) is 4.90 Å². The molecule has 10 heteroatoms. The normalized spacial score (nSPS) is 17.9.